The Morgan fingerprint density at radius 1 is 1.12 bits per heavy atom. The van der Waals surface area contributed by atoms with Crippen LogP contribution in [0.1, 0.15) is 17.4 Å². The lowest BCUT2D eigenvalue weighted by molar-refractivity contribution is 0.215. The Morgan fingerprint density at radius 3 is 2.38 bits per heavy atom. The molecule has 1 atom stereocenters. The van der Waals surface area contributed by atoms with Crippen LogP contribution in [-0.4, -0.2) is 10.1 Å². The summed E-state index contributed by atoms with van der Waals surface area (Å²) in [4.78, 5) is 3.82. The van der Waals surface area contributed by atoms with Crippen LogP contribution in [0.15, 0.2) is 42.6 Å². The SMILES string of the molecule is OC(c1ccc(Cl)cc1)c1ccc(F)cn1. The van der Waals surface area contributed by atoms with Gasteiger partial charge in [-0.05, 0) is 29.8 Å². The van der Waals surface area contributed by atoms with Gasteiger partial charge in [0.05, 0.1) is 11.9 Å². The van der Waals surface area contributed by atoms with E-state index >= 15 is 0 Å². The molecule has 0 aliphatic carbocycles. The molecule has 0 fully saturated rings. The molecule has 2 rings (SSSR count). The first-order chi connectivity index (χ1) is 7.66. The van der Waals surface area contributed by atoms with Crippen molar-refractivity contribution in [2.45, 2.75) is 6.10 Å². The fourth-order valence-corrected chi connectivity index (χ4v) is 1.49. The second-order valence-electron chi connectivity index (χ2n) is 3.36. The zero-order valence-electron chi connectivity index (χ0n) is 8.27. The van der Waals surface area contributed by atoms with Crippen molar-refractivity contribution < 1.29 is 9.50 Å². The number of pyridine rings is 1. The van der Waals surface area contributed by atoms with Crippen LogP contribution in [0.4, 0.5) is 4.39 Å². The van der Waals surface area contributed by atoms with Crippen LogP contribution in [-0.2, 0) is 0 Å². The van der Waals surface area contributed by atoms with Crippen molar-refractivity contribution in [2.75, 3.05) is 0 Å². The van der Waals surface area contributed by atoms with Crippen LogP contribution in [0, 0.1) is 5.82 Å². The van der Waals surface area contributed by atoms with E-state index < -0.39 is 11.9 Å². The lowest BCUT2D eigenvalue weighted by Gasteiger charge is -2.10. The number of aliphatic hydroxyl groups excluding tert-OH is 1. The summed E-state index contributed by atoms with van der Waals surface area (Å²) in [5.41, 5.74) is 1.08. The van der Waals surface area contributed by atoms with Gasteiger partial charge in [0, 0.05) is 5.02 Å². The number of halogens is 2. The monoisotopic (exact) mass is 237 g/mol. The summed E-state index contributed by atoms with van der Waals surface area (Å²) in [5.74, 6) is -0.424. The van der Waals surface area contributed by atoms with Crippen LogP contribution >= 0.6 is 11.6 Å². The maximum absolute atomic E-state index is 12.6. The van der Waals surface area contributed by atoms with Gasteiger partial charge < -0.3 is 5.11 Å². The summed E-state index contributed by atoms with van der Waals surface area (Å²) in [6.07, 6.45) is 0.215. The molecule has 1 N–H and O–H groups in total. The van der Waals surface area contributed by atoms with Gasteiger partial charge in [-0.25, -0.2) is 4.39 Å². The fraction of sp³-hybridized carbons (Fsp3) is 0.0833. The van der Waals surface area contributed by atoms with Gasteiger partial charge in [-0.3, -0.25) is 4.98 Å². The molecular formula is C12H9ClFNO. The Kier molecular flexibility index (Phi) is 3.17. The smallest absolute Gasteiger partial charge is 0.141 e. The van der Waals surface area contributed by atoms with Gasteiger partial charge in [0.25, 0.3) is 0 Å². The Balaban J connectivity index is 2.28. The maximum atomic E-state index is 12.6. The van der Waals surface area contributed by atoms with E-state index in [1.54, 1.807) is 24.3 Å². The standard InChI is InChI=1S/C12H9ClFNO/c13-9-3-1-8(2-4-9)12(16)11-6-5-10(14)7-15-11/h1-7,12,16H. The molecule has 0 saturated heterocycles. The minimum Gasteiger partial charge on any atom is -0.382 e. The first-order valence-electron chi connectivity index (χ1n) is 4.72. The first kappa shape index (κ1) is 11.0. The zero-order chi connectivity index (χ0) is 11.5. The molecule has 0 aliphatic heterocycles. The van der Waals surface area contributed by atoms with Gasteiger partial charge in [0.15, 0.2) is 0 Å². The highest BCUT2D eigenvalue weighted by atomic mass is 35.5. The molecule has 2 aromatic rings. The third-order valence-electron chi connectivity index (χ3n) is 2.22. The highest BCUT2D eigenvalue weighted by molar-refractivity contribution is 6.30. The van der Waals surface area contributed by atoms with Gasteiger partial charge >= 0.3 is 0 Å². The average Bonchev–Trinajstić information content (AvgIpc) is 2.30. The summed E-state index contributed by atoms with van der Waals surface area (Å²) in [5, 5.41) is 10.5. The van der Waals surface area contributed by atoms with Crippen LogP contribution in [0.25, 0.3) is 0 Å². The average molecular weight is 238 g/mol. The molecule has 1 aromatic carbocycles. The predicted octanol–water partition coefficient (Wildman–Crippen LogP) is 2.96. The minimum absolute atomic E-state index is 0.406. The lowest BCUT2D eigenvalue weighted by Crippen LogP contribution is -2.02. The highest BCUT2D eigenvalue weighted by Crippen LogP contribution is 2.21. The van der Waals surface area contributed by atoms with E-state index in [1.807, 2.05) is 0 Å². The van der Waals surface area contributed by atoms with Crippen LogP contribution < -0.4 is 0 Å². The van der Waals surface area contributed by atoms with Crippen LogP contribution in [0.5, 0.6) is 0 Å². The van der Waals surface area contributed by atoms with Crippen molar-refractivity contribution in [1.82, 2.24) is 4.98 Å². The molecule has 0 bridgehead atoms. The lowest BCUT2D eigenvalue weighted by atomic mass is 10.1. The van der Waals surface area contributed by atoms with Crippen molar-refractivity contribution >= 4 is 11.6 Å². The van der Waals surface area contributed by atoms with Crippen molar-refractivity contribution in [1.29, 1.82) is 0 Å². The number of hydrogen-bond acceptors (Lipinski definition) is 2. The van der Waals surface area contributed by atoms with Gasteiger partial charge in [0.2, 0.25) is 0 Å². The number of aromatic nitrogens is 1. The summed E-state index contributed by atoms with van der Waals surface area (Å²) in [6, 6.07) is 9.50. The van der Waals surface area contributed by atoms with Gasteiger partial charge in [0.1, 0.15) is 11.9 Å². The molecule has 4 heteroatoms. The molecule has 16 heavy (non-hydrogen) atoms. The van der Waals surface area contributed by atoms with E-state index in [0.717, 1.165) is 6.20 Å². The van der Waals surface area contributed by atoms with Crippen molar-refractivity contribution in [3.63, 3.8) is 0 Å². The second kappa shape index (κ2) is 4.60. The quantitative estimate of drug-likeness (QED) is 0.871. The van der Waals surface area contributed by atoms with Crippen LogP contribution in [0.3, 0.4) is 0 Å². The molecule has 1 heterocycles. The second-order valence-corrected chi connectivity index (χ2v) is 3.79. The number of aliphatic hydroxyl groups is 1. The van der Waals surface area contributed by atoms with Gasteiger partial charge in [-0.15, -0.1) is 0 Å². The maximum Gasteiger partial charge on any atom is 0.141 e. The Morgan fingerprint density at radius 2 is 1.81 bits per heavy atom. The minimum atomic E-state index is -0.863. The number of rotatable bonds is 2. The predicted molar refractivity (Wildman–Crippen MR) is 59.7 cm³/mol. The number of benzene rings is 1. The van der Waals surface area contributed by atoms with Crippen molar-refractivity contribution in [3.05, 3.63) is 64.7 Å². The van der Waals surface area contributed by atoms with E-state index in [9.17, 15) is 9.50 Å². The normalized spacial score (nSPS) is 12.4. The van der Waals surface area contributed by atoms with Gasteiger partial charge in [-0.2, -0.15) is 0 Å². The van der Waals surface area contributed by atoms with E-state index in [2.05, 4.69) is 4.98 Å². The Bertz CT molecular complexity index is 424. The van der Waals surface area contributed by atoms with E-state index in [1.165, 1.54) is 12.1 Å². The number of nitrogens with zero attached hydrogens (tertiary/aromatic N) is 1. The molecule has 0 amide bonds. The molecular weight excluding hydrogens is 229 g/mol. The molecule has 0 aliphatic rings. The largest absolute Gasteiger partial charge is 0.382 e. The summed E-state index contributed by atoms with van der Waals surface area (Å²) < 4.78 is 12.6. The molecule has 2 nitrogen and oxygen atoms in total. The third kappa shape index (κ3) is 2.38. The van der Waals surface area contributed by atoms with E-state index in [4.69, 9.17) is 11.6 Å². The molecule has 1 unspecified atom stereocenters. The molecule has 82 valence electrons. The summed E-state index contributed by atoms with van der Waals surface area (Å²) in [6.45, 7) is 0. The molecule has 0 saturated carbocycles. The molecule has 1 aromatic heterocycles. The van der Waals surface area contributed by atoms with Gasteiger partial charge in [-0.1, -0.05) is 23.7 Å². The topological polar surface area (TPSA) is 33.1 Å². The van der Waals surface area contributed by atoms with Crippen LogP contribution in [0.2, 0.25) is 5.02 Å². The fourth-order valence-electron chi connectivity index (χ4n) is 1.36. The summed E-state index contributed by atoms with van der Waals surface area (Å²) in [7, 11) is 0. The number of hydrogen-bond donors (Lipinski definition) is 1. The first-order valence-corrected chi connectivity index (χ1v) is 5.09. The van der Waals surface area contributed by atoms with E-state index in [-0.39, 0.29) is 0 Å². The Labute approximate surface area is 97.3 Å². The van der Waals surface area contributed by atoms with E-state index in [0.29, 0.717) is 16.3 Å². The summed E-state index contributed by atoms with van der Waals surface area (Å²) >= 11 is 5.74. The Hall–Kier alpha value is -1.45. The third-order valence-corrected chi connectivity index (χ3v) is 2.47. The molecule has 0 radical (unpaired) electrons. The van der Waals surface area contributed by atoms with Crippen molar-refractivity contribution in [2.24, 2.45) is 0 Å². The molecule has 0 spiro atoms. The highest BCUT2D eigenvalue weighted by Gasteiger charge is 2.11. The van der Waals surface area contributed by atoms with Crippen molar-refractivity contribution in [3.8, 4) is 0 Å². The zero-order valence-corrected chi connectivity index (χ0v) is 9.03.